The Morgan fingerprint density at radius 3 is 1.89 bits per heavy atom. The molecular weight excluding hydrogens is 230 g/mol. The van der Waals surface area contributed by atoms with Crippen molar-refractivity contribution in [2.45, 2.75) is 51.9 Å². The van der Waals surface area contributed by atoms with Gasteiger partial charge in [0.05, 0.1) is 27.7 Å². The van der Waals surface area contributed by atoms with Crippen LogP contribution in [0, 0.1) is 0 Å². The standard InChI is InChI=1S/C9H18O2.C5H14NO/c1-2-3-4-5-6-7-8-9(10)11;1-6(2,3)4-5-7/h2-8H2,1H3,(H,10,11);7H,4-5H2,1-3H3/q;+1/p-1. The average molecular weight is 261 g/mol. The molecule has 0 aromatic carbocycles. The van der Waals surface area contributed by atoms with E-state index >= 15 is 0 Å². The first kappa shape index (κ1) is 19.7. The largest absolute Gasteiger partial charge is 0.550 e. The Bertz CT molecular complexity index is 188. The van der Waals surface area contributed by atoms with Gasteiger partial charge in [0.25, 0.3) is 0 Å². The van der Waals surface area contributed by atoms with Crippen molar-refractivity contribution < 1.29 is 19.5 Å². The average Bonchev–Trinajstić information content (AvgIpc) is 2.22. The first-order valence-electron chi connectivity index (χ1n) is 6.94. The van der Waals surface area contributed by atoms with Gasteiger partial charge in [0.15, 0.2) is 0 Å². The van der Waals surface area contributed by atoms with Crippen LogP contribution in [0.15, 0.2) is 0 Å². The molecule has 1 N–H and O–H groups in total. The molecule has 4 heteroatoms. The number of carbonyl (C=O) groups excluding carboxylic acids is 1. The number of rotatable bonds is 9. The SMILES string of the molecule is CCCCCCCCC(=O)[O-].C[N+](C)(C)CCO. The molecule has 0 rings (SSSR count). The van der Waals surface area contributed by atoms with Gasteiger partial charge in [-0.3, -0.25) is 0 Å². The molecule has 0 saturated heterocycles. The summed E-state index contributed by atoms with van der Waals surface area (Å²) in [5, 5.41) is 18.4. The number of aliphatic carboxylic acids is 1. The molecule has 110 valence electrons. The van der Waals surface area contributed by atoms with Gasteiger partial charge in [-0.05, 0) is 12.8 Å². The molecule has 18 heavy (non-hydrogen) atoms. The number of aliphatic hydroxyl groups is 1. The van der Waals surface area contributed by atoms with E-state index in [4.69, 9.17) is 5.11 Å². The van der Waals surface area contributed by atoms with Gasteiger partial charge in [-0.25, -0.2) is 0 Å². The van der Waals surface area contributed by atoms with Gasteiger partial charge in [0, 0.05) is 5.97 Å². The molecule has 0 spiro atoms. The predicted molar refractivity (Wildman–Crippen MR) is 73.0 cm³/mol. The lowest BCUT2D eigenvalue weighted by Gasteiger charge is -2.21. The third-order valence-electron chi connectivity index (χ3n) is 2.51. The Hall–Kier alpha value is -0.610. The van der Waals surface area contributed by atoms with Crippen LogP contribution in [-0.4, -0.2) is 49.9 Å². The van der Waals surface area contributed by atoms with Crippen LogP contribution in [0.3, 0.4) is 0 Å². The number of likely N-dealkylation sites (N-methyl/N-ethyl adjacent to an activating group) is 1. The molecule has 0 aliphatic heterocycles. The Labute approximate surface area is 112 Å². The lowest BCUT2D eigenvalue weighted by molar-refractivity contribution is -0.870. The monoisotopic (exact) mass is 261 g/mol. The van der Waals surface area contributed by atoms with Crippen LogP contribution in [0.4, 0.5) is 0 Å². The number of aliphatic hydroxyl groups excluding tert-OH is 1. The normalized spacial score (nSPS) is 10.7. The molecule has 0 aromatic heterocycles. The topological polar surface area (TPSA) is 60.4 Å². The molecule has 0 heterocycles. The van der Waals surface area contributed by atoms with Crippen LogP contribution in [0.5, 0.6) is 0 Å². The van der Waals surface area contributed by atoms with Crippen molar-refractivity contribution in [2.24, 2.45) is 0 Å². The molecule has 0 aliphatic carbocycles. The Morgan fingerprint density at radius 2 is 1.56 bits per heavy atom. The zero-order valence-corrected chi connectivity index (χ0v) is 12.6. The van der Waals surface area contributed by atoms with Crippen molar-refractivity contribution in [3.8, 4) is 0 Å². The van der Waals surface area contributed by atoms with E-state index in [1.165, 1.54) is 25.7 Å². The lowest BCUT2D eigenvalue weighted by Crippen LogP contribution is -2.36. The molecule has 0 saturated carbocycles. The van der Waals surface area contributed by atoms with E-state index in [1.54, 1.807) is 0 Å². The summed E-state index contributed by atoms with van der Waals surface area (Å²) in [4.78, 5) is 9.98. The molecule has 0 unspecified atom stereocenters. The fraction of sp³-hybridized carbons (Fsp3) is 0.929. The van der Waals surface area contributed by atoms with Crippen molar-refractivity contribution in [2.75, 3.05) is 34.3 Å². The van der Waals surface area contributed by atoms with Gasteiger partial charge in [-0.1, -0.05) is 39.0 Å². The number of carbonyl (C=O) groups is 1. The highest BCUT2D eigenvalue weighted by Crippen LogP contribution is 2.05. The van der Waals surface area contributed by atoms with Crippen molar-refractivity contribution in [1.82, 2.24) is 0 Å². The third kappa shape index (κ3) is 24.6. The third-order valence-corrected chi connectivity index (χ3v) is 2.51. The van der Waals surface area contributed by atoms with Crippen LogP contribution in [-0.2, 0) is 4.79 Å². The molecule has 0 bridgehead atoms. The second-order valence-corrected chi connectivity index (χ2v) is 5.63. The molecule has 0 aromatic rings. The van der Waals surface area contributed by atoms with Gasteiger partial charge in [-0.2, -0.15) is 0 Å². The zero-order valence-electron chi connectivity index (χ0n) is 12.6. The highest BCUT2D eigenvalue weighted by Gasteiger charge is 2.02. The van der Waals surface area contributed by atoms with Crippen LogP contribution in [0.25, 0.3) is 0 Å². The van der Waals surface area contributed by atoms with E-state index in [-0.39, 0.29) is 13.0 Å². The van der Waals surface area contributed by atoms with Crippen LogP contribution < -0.4 is 5.11 Å². The molecule has 0 atom stereocenters. The van der Waals surface area contributed by atoms with Crippen molar-refractivity contribution in [3.63, 3.8) is 0 Å². The fourth-order valence-electron chi connectivity index (χ4n) is 1.35. The van der Waals surface area contributed by atoms with E-state index < -0.39 is 5.97 Å². The summed E-state index contributed by atoms with van der Waals surface area (Å²) in [6.45, 7) is 3.28. The van der Waals surface area contributed by atoms with Gasteiger partial charge in [0.1, 0.15) is 6.54 Å². The summed E-state index contributed by atoms with van der Waals surface area (Å²) >= 11 is 0. The molecule has 0 aliphatic rings. The number of unbranched alkanes of at least 4 members (excludes halogenated alkanes) is 5. The molecule has 0 radical (unpaired) electrons. The second-order valence-electron chi connectivity index (χ2n) is 5.63. The number of carboxylic acid groups (broad SMARTS) is 1. The second kappa shape index (κ2) is 12.8. The fourth-order valence-corrected chi connectivity index (χ4v) is 1.35. The van der Waals surface area contributed by atoms with Crippen LogP contribution in [0.1, 0.15) is 51.9 Å². The summed E-state index contributed by atoms with van der Waals surface area (Å²) in [7, 11) is 6.16. The van der Waals surface area contributed by atoms with E-state index in [0.717, 1.165) is 23.9 Å². The maximum Gasteiger partial charge on any atom is 0.101 e. The number of hydrogen-bond acceptors (Lipinski definition) is 3. The Balaban J connectivity index is 0. The highest BCUT2D eigenvalue weighted by atomic mass is 16.4. The van der Waals surface area contributed by atoms with Crippen molar-refractivity contribution in [3.05, 3.63) is 0 Å². The summed E-state index contributed by atoms with van der Waals surface area (Å²) < 4.78 is 0.844. The molecule has 0 amide bonds. The number of quaternary nitrogens is 1. The number of hydrogen-bond donors (Lipinski definition) is 1. The minimum absolute atomic E-state index is 0.228. The Kier molecular flexibility index (Phi) is 14.1. The van der Waals surface area contributed by atoms with Gasteiger partial charge >= 0.3 is 0 Å². The minimum Gasteiger partial charge on any atom is -0.550 e. The molecule has 0 fully saturated rings. The first-order valence-corrected chi connectivity index (χ1v) is 6.94. The lowest BCUT2D eigenvalue weighted by atomic mass is 10.1. The van der Waals surface area contributed by atoms with E-state index in [9.17, 15) is 9.90 Å². The minimum atomic E-state index is -0.916. The Morgan fingerprint density at radius 1 is 1.06 bits per heavy atom. The van der Waals surface area contributed by atoms with Crippen LogP contribution >= 0.6 is 0 Å². The van der Waals surface area contributed by atoms with Crippen molar-refractivity contribution >= 4 is 5.97 Å². The number of carboxylic acids is 1. The van der Waals surface area contributed by atoms with Crippen LogP contribution in [0.2, 0.25) is 0 Å². The van der Waals surface area contributed by atoms with E-state index in [2.05, 4.69) is 28.1 Å². The smallest absolute Gasteiger partial charge is 0.101 e. The van der Waals surface area contributed by atoms with Gasteiger partial charge in [0.2, 0.25) is 0 Å². The van der Waals surface area contributed by atoms with Crippen molar-refractivity contribution in [1.29, 1.82) is 0 Å². The molecule has 4 nitrogen and oxygen atoms in total. The summed E-state index contributed by atoms with van der Waals surface area (Å²) in [6.07, 6.45) is 6.96. The highest BCUT2D eigenvalue weighted by molar-refractivity contribution is 5.63. The van der Waals surface area contributed by atoms with E-state index in [1.807, 2.05) is 0 Å². The summed E-state index contributed by atoms with van der Waals surface area (Å²) in [5.41, 5.74) is 0. The summed E-state index contributed by atoms with van der Waals surface area (Å²) in [6, 6.07) is 0. The quantitative estimate of drug-likeness (QED) is 0.501. The summed E-state index contributed by atoms with van der Waals surface area (Å²) in [5.74, 6) is -0.916. The van der Waals surface area contributed by atoms with E-state index in [0.29, 0.717) is 0 Å². The molecular formula is C14H31NO3. The zero-order chi connectivity index (χ0) is 14.4. The van der Waals surface area contributed by atoms with Gasteiger partial charge in [-0.15, -0.1) is 0 Å². The first-order chi connectivity index (χ1) is 8.33. The van der Waals surface area contributed by atoms with Gasteiger partial charge < -0.3 is 19.5 Å². The number of nitrogens with zero attached hydrogens (tertiary/aromatic N) is 1. The maximum atomic E-state index is 9.98. The maximum absolute atomic E-state index is 9.98. The predicted octanol–water partition coefficient (Wildman–Crippen LogP) is 1.17.